The van der Waals surface area contributed by atoms with E-state index in [1.54, 1.807) is 6.07 Å². The number of esters is 1. The van der Waals surface area contributed by atoms with Crippen LogP contribution in [0.5, 0.6) is 0 Å². The Morgan fingerprint density at radius 2 is 2.10 bits per heavy atom. The summed E-state index contributed by atoms with van der Waals surface area (Å²) in [6.45, 7) is 0. The summed E-state index contributed by atoms with van der Waals surface area (Å²) in [5, 5.41) is 0.323. The predicted molar refractivity (Wildman–Crippen MR) is 85.6 cm³/mol. The van der Waals surface area contributed by atoms with Crippen molar-refractivity contribution in [3.63, 3.8) is 0 Å². The van der Waals surface area contributed by atoms with Gasteiger partial charge in [0.25, 0.3) is 10.0 Å². The summed E-state index contributed by atoms with van der Waals surface area (Å²) in [5.41, 5.74) is 0.515. The van der Waals surface area contributed by atoms with Gasteiger partial charge in [-0.1, -0.05) is 17.7 Å². The quantitative estimate of drug-likeness (QED) is 0.779. The molecule has 5 nitrogen and oxygen atoms in total. The Labute approximate surface area is 139 Å². The Morgan fingerprint density at radius 1 is 1.38 bits per heavy atom. The molecule has 1 aromatic heterocycles. The zero-order chi connectivity index (χ0) is 15.6. The van der Waals surface area contributed by atoms with Gasteiger partial charge in [-0.25, -0.2) is 13.2 Å². The van der Waals surface area contributed by atoms with E-state index in [0.717, 1.165) is 11.3 Å². The molecule has 9 heteroatoms. The minimum Gasteiger partial charge on any atom is -0.465 e. The Bertz CT molecular complexity index is 769. The van der Waals surface area contributed by atoms with Crippen LogP contribution in [0.3, 0.4) is 0 Å². The van der Waals surface area contributed by atoms with Crippen LogP contribution < -0.4 is 4.72 Å². The maximum atomic E-state index is 12.2. The third kappa shape index (κ3) is 3.76. The second kappa shape index (κ2) is 6.35. The average Bonchev–Trinajstić information content (AvgIpc) is 2.78. The van der Waals surface area contributed by atoms with Crippen LogP contribution >= 0.6 is 38.9 Å². The number of rotatable bonds is 4. The number of thiophene rings is 1. The lowest BCUT2D eigenvalue weighted by Crippen LogP contribution is -2.12. The zero-order valence-corrected chi connectivity index (χ0v) is 14.6. The molecule has 21 heavy (non-hydrogen) atoms. The number of benzene rings is 1. The third-order valence-electron chi connectivity index (χ3n) is 2.42. The summed E-state index contributed by atoms with van der Waals surface area (Å²) in [6.07, 6.45) is 0. The van der Waals surface area contributed by atoms with Gasteiger partial charge in [0.1, 0.15) is 4.21 Å². The van der Waals surface area contributed by atoms with Crippen LogP contribution in [0.25, 0.3) is 0 Å². The summed E-state index contributed by atoms with van der Waals surface area (Å²) >= 11 is 10.00. The molecule has 0 saturated heterocycles. The highest BCUT2D eigenvalue weighted by Crippen LogP contribution is 2.35. The van der Waals surface area contributed by atoms with Crippen molar-refractivity contribution >= 4 is 60.5 Å². The number of hydrogen-bond acceptors (Lipinski definition) is 5. The molecule has 0 spiro atoms. The third-order valence-corrected chi connectivity index (χ3v) is 6.75. The summed E-state index contributed by atoms with van der Waals surface area (Å²) < 4.78 is 32.0. The minimum atomic E-state index is -3.76. The molecule has 112 valence electrons. The van der Waals surface area contributed by atoms with Gasteiger partial charge < -0.3 is 4.74 Å². The largest absolute Gasteiger partial charge is 0.465 e. The molecular formula is C12H9BrClNO4S2. The molecule has 0 amide bonds. The van der Waals surface area contributed by atoms with Crippen LogP contribution in [0.2, 0.25) is 5.02 Å². The molecule has 1 aromatic carbocycles. The molecule has 0 atom stereocenters. The van der Waals surface area contributed by atoms with E-state index >= 15 is 0 Å². The van der Waals surface area contributed by atoms with Crippen molar-refractivity contribution < 1.29 is 17.9 Å². The number of hydrogen-bond donors (Lipinski definition) is 1. The van der Waals surface area contributed by atoms with Crippen molar-refractivity contribution in [2.45, 2.75) is 4.21 Å². The number of halogens is 2. The van der Waals surface area contributed by atoms with E-state index in [1.165, 1.54) is 31.4 Å². The fraction of sp³-hybridized carbons (Fsp3) is 0.0833. The van der Waals surface area contributed by atoms with E-state index in [4.69, 9.17) is 11.6 Å². The number of sulfonamides is 1. The van der Waals surface area contributed by atoms with E-state index in [9.17, 15) is 13.2 Å². The molecule has 0 aliphatic rings. The van der Waals surface area contributed by atoms with Crippen molar-refractivity contribution in [2.75, 3.05) is 11.8 Å². The van der Waals surface area contributed by atoms with Gasteiger partial charge >= 0.3 is 5.97 Å². The molecule has 2 aromatic rings. The van der Waals surface area contributed by atoms with Gasteiger partial charge in [0.05, 0.1) is 21.5 Å². The van der Waals surface area contributed by atoms with Crippen molar-refractivity contribution in [1.82, 2.24) is 0 Å². The Morgan fingerprint density at radius 3 is 2.67 bits per heavy atom. The van der Waals surface area contributed by atoms with Crippen LogP contribution in [-0.2, 0) is 14.8 Å². The first-order valence-corrected chi connectivity index (χ1v) is 8.96. The Balaban J connectivity index is 2.30. The van der Waals surface area contributed by atoms with E-state index in [-0.39, 0.29) is 15.5 Å². The van der Waals surface area contributed by atoms with Crippen LogP contribution in [-0.4, -0.2) is 21.5 Å². The summed E-state index contributed by atoms with van der Waals surface area (Å²) in [6, 6.07) is 7.37. The van der Waals surface area contributed by atoms with E-state index in [2.05, 4.69) is 25.4 Å². The van der Waals surface area contributed by atoms with Gasteiger partial charge in [0.15, 0.2) is 0 Å². The lowest BCUT2D eigenvalue weighted by atomic mass is 10.2. The smallest absolute Gasteiger partial charge is 0.337 e. The second-order valence-electron chi connectivity index (χ2n) is 3.86. The topological polar surface area (TPSA) is 72.5 Å². The van der Waals surface area contributed by atoms with E-state index in [1.807, 2.05) is 0 Å². The standard InChI is InChI=1S/C12H9BrClNO4S2/c1-19-12(16)7-3-2-4-8(5-7)15-21(17,18)10-6-9(14)11(13)20-10/h2-6,15H,1H3. The molecular weight excluding hydrogens is 402 g/mol. The maximum Gasteiger partial charge on any atom is 0.337 e. The fourth-order valence-electron chi connectivity index (χ4n) is 1.49. The highest BCUT2D eigenvalue weighted by molar-refractivity contribution is 9.11. The zero-order valence-electron chi connectivity index (χ0n) is 10.6. The average molecular weight is 411 g/mol. The van der Waals surface area contributed by atoms with Gasteiger partial charge in [-0.15, -0.1) is 11.3 Å². The monoisotopic (exact) mass is 409 g/mol. The fourth-order valence-corrected chi connectivity index (χ4v) is 4.94. The molecule has 1 N–H and O–H groups in total. The van der Waals surface area contributed by atoms with Gasteiger partial charge in [-0.05, 0) is 40.2 Å². The molecule has 0 radical (unpaired) electrons. The first-order chi connectivity index (χ1) is 9.83. The number of carbonyl (C=O) groups excluding carboxylic acids is 1. The lowest BCUT2D eigenvalue weighted by Gasteiger charge is -2.07. The van der Waals surface area contributed by atoms with E-state index < -0.39 is 16.0 Å². The molecule has 2 rings (SSSR count). The number of nitrogens with one attached hydrogen (secondary N) is 1. The van der Waals surface area contributed by atoms with Gasteiger partial charge in [0.2, 0.25) is 0 Å². The highest BCUT2D eigenvalue weighted by Gasteiger charge is 2.19. The van der Waals surface area contributed by atoms with Crippen molar-refractivity contribution in [3.05, 3.63) is 44.7 Å². The lowest BCUT2D eigenvalue weighted by molar-refractivity contribution is 0.0601. The molecule has 0 fully saturated rings. The van der Waals surface area contributed by atoms with Crippen LogP contribution in [0.1, 0.15) is 10.4 Å². The van der Waals surface area contributed by atoms with Crippen LogP contribution in [0.15, 0.2) is 38.3 Å². The molecule has 0 aliphatic heterocycles. The molecule has 0 bridgehead atoms. The molecule has 0 saturated carbocycles. The van der Waals surface area contributed by atoms with Crippen molar-refractivity contribution in [1.29, 1.82) is 0 Å². The summed E-state index contributed by atoms with van der Waals surface area (Å²) in [7, 11) is -2.51. The van der Waals surface area contributed by atoms with Gasteiger partial charge in [-0.2, -0.15) is 0 Å². The number of carbonyl (C=O) groups is 1. The van der Waals surface area contributed by atoms with Gasteiger partial charge in [-0.3, -0.25) is 4.72 Å². The molecule has 0 aliphatic carbocycles. The number of ether oxygens (including phenoxy) is 1. The highest BCUT2D eigenvalue weighted by atomic mass is 79.9. The normalized spacial score (nSPS) is 11.2. The summed E-state index contributed by atoms with van der Waals surface area (Å²) in [5.74, 6) is -0.544. The minimum absolute atomic E-state index is 0.0721. The molecule has 0 unspecified atom stereocenters. The predicted octanol–water partition coefficient (Wildman–Crippen LogP) is 3.75. The number of anilines is 1. The van der Waals surface area contributed by atoms with Gasteiger partial charge in [0, 0.05) is 5.69 Å². The maximum absolute atomic E-state index is 12.2. The second-order valence-corrected chi connectivity index (χ2v) is 8.55. The summed E-state index contributed by atoms with van der Waals surface area (Å²) in [4.78, 5) is 11.4. The number of methoxy groups -OCH3 is 1. The Kier molecular flexibility index (Phi) is 4.92. The Hall–Kier alpha value is -1.09. The first kappa shape index (κ1) is 16.3. The van der Waals surface area contributed by atoms with Crippen LogP contribution in [0.4, 0.5) is 5.69 Å². The SMILES string of the molecule is COC(=O)c1cccc(NS(=O)(=O)c2cc(Cl)c(Br)s2)c1. The van der Waals surface area contributed by atoms with Crippen LogP contribution in [0, 0.1) is 0 Å². The van der Waals surface area contributed by atoms with Crippen molar-refractivity contribution in [3.8, 4) is 0 Å². The van der Waals surface area contributed by atoms with E-state index in [0.29, 0.717) is 8.81 Å². The van der Waals surface area contributed by atoms with Crippen molar-refractivity contribution in [2.24, 2.45) is 0 Å². The first-order valence-electron chi connectivity index (χ1n) is 5.49. The molecule has 1 heterocycles.